The summed E-state index contributed by atoms with van der Waals surface area (Å²) in [7, 11) is -1.34. The lowest BCUT2D eigenvalue weighted by molar-refractivity contribution is 0.187. The van der Waals surface area contributed by atoms with E-state index in [0.717, 1.165) is 56.3 Å². The number of sulfone groups is 1. The zero-order chi connectivity index (χ0) is 19.9. The number of benzene rings is 1. The molecule has 1 aliphatic heterocycles. The molecule has 0 spiro atoms. The number of hydrogen-bond acceptors (Lipinski definition) is 4. The topological polar surface area (TPSA) is 73.8 Å². The first kappa shape index (κ1) is 21.7. The van der Waals surface area contributed by atoms with Crippen LogP contribution in [0, 0.1) is 5.92 Å². The van der Waals surface area contributed by atoms with Crippen LogP contribution in [-0.4, -0.2) is 64.8 Å². The highest BCUT2D eigenvalue weighted by Gasteiger charge is 2.20. The van der Waals surface area contributed by atoms with Crippen molar-refractivity contribution in [2.75, 3.05) is 39.5 Å². The molecule has 0 atom stereocenters. The van der Waals surface area contributed by atoms with Crippen molar-refractivity contribution >= 4 is 15.8 Å². The monoisotopic (exact) mass is 394 g/mol. The molecular formula is C20H34N4O2S. The van der Waals surface area contributed by atoms with E-state index in [1.165, 1.54) is 12.8 Å². The van der Waals surface area contributed by atoms with Gasteiger partial charge >= 0.3 is 0 Å². The van der Waals surface area contributed by atoms with Gasteiger partial charge in [-0.1, -0.05) is 26.0 Å². The standard InChI is InChI=1S/C20H34N4O2S/c1-16(2)15-24-13-10-18(11-14-24)23-20(21-3)22-12-9-17-5-7-19(8-6-17)27(4,25)26/h5-8,16,18H,9-15H2,1-4H3,(H2,21,22,23). The van der Waals surface area contributed by atoms with E-state index >= 15 is 0 Å². The smallest absolute Gasteiger partial charge is 0.191 e. The van der Waals surface area contributed by atoms with Gasteiger partial charge in [-0.25, -0.2) is 8.42 Å². The summed E-state index contributed by atoms with van der Waals surface area (Å²) in [6.07, 6.45) is 4.32. The van der Waals surface area contributed by atoms with Gasteiger partial charge in [0.1, 0.15) is 0 Å². The zero-order valence-corrected chi connectivity index (χ0v) is 17.8. The maximum atomic E-state index is 11.5. The Kier molecular flexibility index (Phi) is 8.10. The quantitative estimate of drug-likeness (QED) is 0.546. The zero-order valence-electron chi connectivity index (χ0n) is 17.0. The Morgan fingerprint density at radius 3 is 2.37 bits per heavy atom. The van der Waals surface area contributed by atoms with Crippen molar-refractivity contribution < 1.29 is 8.42 Å². The van der Waals surface area contributed by atoms with Crippen molar-refractivity contribution in [2.45, 2.75) is 44.0 Å². The third-order valence-corrected chi connectivity index (χ3v) is 5.96. The Hall–Kier alpha value is -1.60. The molecule has 27 heavy (non-hydrogen) atoms. The highest BCUT2D eigenvalue weighted by molar-refractivity contribution is 7.90. The molecular weight excluding hydrogens is 360 g/mol. The van der Waals surface area contributed by atoms with Crippen molar-refractivity contribution in [1.29, 1.82) is 0 Å². The molecule has 1 aliphatic rings. The predicted octanol–water partition coefficient (Wildman–Crippen LogP) is 1.92. The molecule has 1 saturated heterocycles. The van der Waals surface area contributed by atoms with Gasteiger partial charge in [0.05, 0.1) is 4.90 Å². The molecule has 1 aromatic rings. The molecule has 2 N–H and O–H groups in total. The van der Waals surface area contributed by atoms with Gasteiger partial charge < -0.3 is 15.5 Å². The molecule has 0 amide bonds. The van der Waals surface area contributed by atoms with Crippen LogP contribution in [-0.2, 0) is 16.3 Å². The SMILES string of the molecule is CN=C(NCCc1ccc(S(C)(=O)=O)cc1)NC1CCN(CC(C)C)CC1. The fraction of sp³-hybridized carbons (Fsp3) is 0.650. The first-order valence-electron chi connectivity index (χ1n) is 9.76. The van der Waals surface area contributed by atoms with E-state index in [1.54, 1.807) is 19.2 Å². The number of likely N-dealkylation sites (tertiary alicyclic amines) is 1. The van der Waals surface area contributed by atoms with E-state index in [9.17, 15) is 8.42 Å². The highest BCUT2D eigenvalue weighted by Crippen LogP contribution is 2.12. The van der Waals surface area contributed by atoms with E-state index in [4.69, 9.17) is 0 Å². The molecule has 2 rings (SSSR count). The molecule has 0 unspecified atom stereocenters. The third-order valence-electron chi connectivity index (χ3n) is 4.83. The van der Waals surface area contributed by atoms with Crippen molar-refractivity contribution in [3.05, 3.63) is 29.8 Å². The van der Waals surface area contributed by atoms with Gasteiger partial charge in [-0.2, -0.15) is 0 Å². The number of guanidine groups is 1. The molecule has 1 heterocycles. The second kappa shape index (κ2) is 10.1. The minimum atomic E-state index is -3.13. The highest BCUT2D eigenvalue weighted by atomic mass is 32.2. The van der Waals surface area contributed by atoms with Crippen LogP contribution in [0.15, 0.2) is 34.2 Å². The number of rotatable bonds is 7. The van der Waals surface area contributed by atoms with Crippen LogP contribution < -0.4 is 10.6 Å². The number of hydrogen-bond donors (Lipinski definition) is 2. The molecule has 0 aromatic heterocycles. The Labute approximate surface area is 164 Å². The minimum Gasteiger partial charge on any atom is -0.356 e. The van der Waals surface area contributed by atoms with Crippen molar-refractivity contribution in [3.63, 3.8) is 0 Å². The second-order valence-electron chi connectivity index (χ2n) is 7.78. The van der Waals surface area contributed by atoms with E-state index in [2.05, 4.69) is 34.4 Å². The van der Waals surface area contributed by atoms with Crippen LogP contribution in [0.2, 0.25) is 0 Å². The molecule has 6 nitrogen and oxygen atoms in total. The molecule has 1 fully saturated rings. The average Bonchev–Trinajstić information content (AvgIpc) is 2.61. The van der Waals surface area contributed by atoms with Crippen molar-refractivity contribution in [3.8, 4) is 0 Å². The molecule has 152 valence electrons. The molecule has 0 bridgehead atoms. The summed E-state index contributed by atoms with van der Waals surface area (Å²) >= 11 is 0. The summed E-state index contributed by atoms with van der Waals surface area (Å²) < 4.78 is 23.0. The molecule has 0 saturated carbocycles. The second-order valence-corrected chi connectivity index (χ2v) is 9.79. The fourth-order valence-corrected chi connectivity index (χ4v) is 4.02. The number of nitrogens with one attached hydrogen (secondary N) is 2. The maximum absolute atomic E-state index is 11.5. The van der Waals surface area contributed by atoms with Crippen LogP contribution in [0.1, 0.15) is 32.3 Å². The summed E-state index contributed by atoms with van der Waals surface area (Å²) in [5, 5.41) is 6.89. The molecule has 0 aliphatic carbocycles. The van der Waals surface area contributed by atoms with Crippen LogP contribution in [0.3, 0.4) is 0 Å². The Morgan fingerprint density at radius 2 is 1.85 bits per heavy atom. The summed E-state index contributed by atoms with van der Waals surface area (Å²) in [5.74, 6) is 1.56. The van der Waals surface area contributed by atoms with Gasteiger partial charge in [0.15, 0.2) is 15.8 Å². The van der Waals surface area contributed by atoms with Crippen LogP contribution in [0.5, 0.6) is 0 Å². The molecule has 0 radical (unpaired) electrons. The van der Waals surface area contributed by atoms with Gasteiger partial charge in [-0.05, 0) is 42.9 Å². The lowest BCUT2D eigenvalue weighted by Gasteiger charge is -2.34. The van der Waals surface area contributed by atoms with Gasteiger partial charge in [0, 0.05) is 45.5 Å². The number of nitrogens with zero attached hydrogens (tertiary/aromatic N) is 2. The van der Waals surface area contributed by atoms with E-state index in [1.807, 2.05) is 12.1 Å². The first-order valence-corrected chi connectivity index (χ1v) is 11.7. The lowest BCUT2D eigenvalue weighted by atomic mass is 10.0. The summed E-state index contributed by atoms with van der Waals surface area (Å²) in [6.45, 7) is 8.75. The molecule has 1 aromatic carbocycles. The average molecular weight is 395 g/mol. The molecule has 7 heteroatoms. The normalized spacial score (nSPS) is 17.3. The third kappa shape index (κ3) is 7.50. The van der Waals surface area contributed by atoms with E-state index in [-0.39, 0.29) is 0 Å². The van der Waals surface area contributed by atoms with Gasteiger partial charge in [-0.3, -0.25) is 4.99 Å². The van der Waals surface area contributed by atoms with Crippen molar-refractivity contribution in [2.24, 2.45) is 10.9 Å². The predicted molar refractivity (Wildman–Crippen MR) is 112 cm³/mol. The Morgan fingerprint density at radius 1 is 1.22 bits per heavy atom. The minimum absolute atomic E-state index is 0.362. The summed E-state index contributed by atoms with van der Waals surface area (Å²) in [6, 6.07) is 7.55. The maximum Gasteiger partial charge on any atom is 0.191 e. The summed E-state index contributed by atoms with van der Waals surface area (Å²) in [5.41, 5.74) is 1.10. The Bertz CT molecular complexity index is 706. The summed E-state index contributed by atoms with van der Waals surface area (Å²) in [4.78, 5) is 7.23. The first-order chi connectivity index (χ1) is 12.8. The Balaban J connectivity index is 1.73. The number of aliphatic imine (C=N–C) groups is 1. The van der Waals surface area contributed by atoms with Gasteiger partial charge in [0.25, 0.3) is 0 Å². The van der Waals surface area contributed by atoms with E-state index in [0.29, 0.717) is 10.9 Å². The fourth-order valence-electron chi connectivity index (χ4n) is 3.39. The van der Waals surface area contributed by atoms with Crippen LogP contribution in [0.4, 0.5) is 0 Å². The van der Waals surface area contributed by atoms with Crippen LogP contribution in [0.25, 0.3) is 0 Å². The largest absolute Gasteiger partial charge is 0.356 e. The van der Waals surface area contributed by atoms with E-state index < -0.39 is 9.84 Å². The van der Waals surface area contributed by atoms with Crippen molar-refractivity contribution in [1.82, 2.24) is 15.5 Å². The van der Waals surface area contributed by atoms with Gasteiger partial charge in [0.2, 0.25) is 0 Å². The van der Waals surface area contributed by atoms with Crippen LogP contribution >= 0.6 is 0 Å². The number of piperidine rings is 1. The van der Waals surface area contributed by atoms with Gasteiger partial charge in [-0.15, -0.1) is 0 Å². The lowest BCUT2D eigenvalue weighted by Crippen LogP contribution is -2.49.